The van der Waals surface area contributed by atoms with Gasteiger partial charge >= 0.3 is 0 Å². The fraction of sp³-hybridized carbons (Fsp3) is 0.474. The van der Waals surface area contributed by atoms with Gasteiger partial charge in [0.15, 0.2) is 0 Å². The van der Waals surface area contributed by atoms with Crippen molar-refractivity contribution in [3.8, 4) is 0 Å². The topological polar surface area (TPSA) is 82.6 Å². The number of thiophene rings is 1. The van der Waals surface area contributed by atoms with Crippen LogP contribution in [0.5, 0.6) is 0 Å². The SMILES string of the molecule is O=C(NCc1ccc(N2CCCC2)nc1)c1sccc1S(=O)(=O)N1CCSCC1. The van der Waals surface area contributed by atoms with Crippen LogP contribution in [0.2, 0.25) is 0 Å². The summed E-state index contributed by atoms with van der Waals surface area (Å²) in [6.45, 7) is 3.35. The molecular formula is C19H24N4O3S3. The summed E-state index contributed by atoms with van der Waals surface area (Å²) >= 11 is 2.90. The Kier molecular flexibility index (Phi) is 6.43. The minimum absolute atomic E-state index is 0.106. The lowest BCUT2D eigenvalue weighted by molar-refractivity contribution is 0.0952. The Labute approximate surface area is 179 Å². The van der Waals surface area contributed by atoms with Gasteiger partial charge in [0, 0.05) is 50.4 Å². The quantitative estimate of drug-likeness (QED) is 0.725. The van der Waals surface area contributed by atoms with Crippen molar-refractivity contribution >= 4 is 44.8 Å². The van der Waals surface area contributed by atoms with Gasteiger partial charge in [-0.05, 0) is 35.9 Å². The fourth-order valence-corrected chi connectivity index (χ4v) is 7.40. The number of nitrogens with one attached hydrogen (secondary N) is 1. The number of thioether (sulfide) groups is 1. The summed E-state index contributed by atoms with van der Waals surface area (Å²) in [6, 6.07) is 5.46. The molecule has 0 aliphatic carbocycles. The minimum atomic E-state index is -3.64. The van der Waals surface area contributed by atoms with E-state index in [1.165, 1.54) is 23.2 Å². The molecular weight excluding hydrogens is 428 g/mol. The third-order valence-corrected chi connectivity index (χ3v) is 9.04. The first-order valence-electron chi connectivity index (χ1n) is 9.69. The largest absolute Gasteiger partial charge is 0.357 e. The van der Waals surface area contributed by atoms with Crippen molar-refractivity contribution in [2.75, 3.05) is 42.6 Å². The van der Waals surface area contributed by atoms with Crippen LogP contribution < -0.4 is 10.2 Å². The van der Waals surface area contributed by atoms with Crippen molar-refractivity contribution in [1.29, 1.82) is 0 Å². The molecule has 4 rings (SSSR count). The van der Waals surface area contributed by atoms with E-state index in [1.54, 1.807) is 23.3 Å². The van der Waals surface area contributed by atoms with Crippen LogP contribution in [-0.2, 0) is 16.6 Å². The molecule has 0 unspecified atom stereocenters. The molecule has 0 atom stereocenters. The van der Waals surface area contributed by atoms with Crippen LogP contribution in [0.15, 0.2) is 34.7 Å². The summed E-state index contributed by atoms with van der Waals surface area (Å²) in [5, 5.41) is 4.50. The van der Waals surface area contributed by atoms with Crippen molar-refractivity contribution in [1.82, 2.24) is 14.6 Å². The molecule has 0 radical (unpaired) electrons. The highest BCUT2D eigenvalue weighted by Crippen LogP contribution is 2.27. The van der Waals surface area contributed by atoms with Crippen molar-refractivity contribution in [2.45, 2.75) is 24.3 Å². The summed E-state index contributed by atoms with van der Waals surface area (Å²) < 4.78 is 27.4. The Hall–Kier alpha value is -1.62. The number of amides is 1. The molecule has 7 nitrogen and oxygen atoms in total. The Bertz CT molecular complexity index is 947. The minimum Gasteiger partial charge on any atom is -0.357 e. The summed E-state index contributed by atoms with van der Waals surface area (Å²) in [5.41, 5.74) is 0.885. The van der Waals surface area contributed by atoms with Gasteiger partial charge in [0.25, 0.3) is 5.91 Å². The number of pyridine rings is 1. The molecule has 0 saturated carbocycles. The van der Waals surface area contributed by atoms with Gasteiger partial charge in [-0.2, -0.15) is 16.1 Å². The van der Waals surface area contributed by atoms with Crippen LogP contribution in [0.4, 0.5) is 5.82 Å². The average molecular weight is 453 g/mol. The third-order valence-electron chi connectivity index (χ3n) is 5.12. The number of carbonyl (C=O) groups is 1. The van der Waals surface area contributed by atoms with Gasteiger partial charge in [-0.3, -0.25) is 4.79 Å². The van der Waals surface area contributed by atoms with Crippen molar-refractivity contribution in [3.05, 3.63) is 40.2 Å². The highest BCUT2D eigenvalue weighted by molar-refractivity contribution is 7.99. The van der Waals surface area contributed by atoms with Crippen LogP contribution in [0.25, 0.3) is 0 Å². The maximum absolute atomic E-state index is 12.9. The summed E-state index contributed by atoms with van der Waals surface area (Å²) in [5.74, 6) is 2.16. The van der Waals surface area contributed by atoms with Gasteiger partial charge in [-0.15, -0.1) is 11.3 Å². The van der Waals surface area contributed by atoms with Gasteiger partial charge in [-0.1, -0.05) is 6.07 Å². The number of anilines is 1. The van der Waals surface area contributed by atoms with Crippen LogP contribution >= 0.6 is 23.1 Å². The van der Waals surface area contributed by atoms with E-state index in [-0.39, 0.29) is 15.7 Å². The standard InChI is InChI=1S/C19H24N4O3S3/c24-19(21-14-15-3-4-17(20-13-15)22-6-1-2-7-22)18-16(5-10-28-18)29(25,26)23-8-11-27-12-9-23/h3-5,10,13H,1-2,6-9,11-12,14H2,(H,21,24). The first-order chi connectivity index (χ1) is 14.1. The predicted octanol–water partition coefficient (Wildman–Crippen LogP) is 2.41. The molecule has 2 saturated heterocycles. The van der Waals surface area contributed by atoms with E-state index in [0.717, 1.165) is 47.3 Å². The first kappa shape index (κ1) is 20.6. The molecule has 0 aromatic carbocycles. The summed E-state index contributed by atoms with van der Waals surface area (Å²) in [6.07, 6.45) is 4.16. The maximum Gasteiger partial charge on any atom is 0.263 e. The molecule has 2 aromatic heterocycles. The van der Waals surface area contributed by atoms with Crippen LogP contribution in [-0.4, -0.2) is 61.3 Å². The molecule has 2 aliphatic rings. The molecule has 0 spiro atoms. The number of aromatic nitrogens is 1. The predicted molar refractivity (Wildman–Crippen MR) is 117 cm³/mol. The lowest BCUT2D eigenvalue weighted by atomic mass is 10.2. The zero-order valence-electron chi connectivity index (χ0n) is 16.0. The number of nitrogens with zero attached hydrogens (tertiary/aromatic N) is 3. The Morgan fingerprint density at radius 1 is 1.10 bits per heavy atom. The molecule has 0 bridgehead atoms. The maximum atomic E-state index is 12.9. The number of sulfonamides is 1. The zero-order chi connectivity index (χ0) is 20.3. The Morgan fingerprint density at radius 3 is 2.55 bits per heavy atom. The molecule has 156 valence electrons. The second-order valence-electron chi connectivity index (χ2n) is 7.03. The van der Waals surface area contributed by atoms with Crippen LogP contribution in [0, 0.1) is 0 Å². The number of rotatable bonds is 6. The van der Waals surface area contributed by atoms with Crippen LogP contribution in [0.3, 0.4) is 0 Å². The lowest BCUT2D eigenvalue weighted by Gasteiger charge is -2.25. The molecule has 2 aliphatic heterocycles. The van der Waals surface area contributed by atoms with E-state index in [1.807, 2.05) is 12.1 Å². The molecule has 2 aromatic rings. The van der Waals surface area contributed by atoms with Crippen molar-refractivity contribution in [3.63, 3.8) is 0 Å². The fourth-order valence-electron chi connectivity index (χ4n) is 3.51. The van der Waals surface area contributed by atoms with Crippen LogP contribution in [0.1, 0.15) is 28.1 Å². The number of carbonyl (C=O) groups excluding carboxylic acids is 1. The molecule has 1 amide bonds. The summed E-state index contributed by atoms with van der Waals surface area (Å²) in [4.78, 5) is 19.8. The number of hydrogen-bond acceptors (Lipinski definition) is 7. The Morgan fingerprint density at radius 2 is 1.86 bits per heavy atom. The molecule has 2 fully saturated rings. The van der Waals surface area contributed by atoms with Gasteiger partial charge < -0.3 is 10.2 Å². The average Bonchev–Trinajstić information content (AvgIpc) is 3.45. The number of hydrogen-bond donors (Lipinski definition) is 1. The van der Waals surface area contributed by atoms with Gasteiger partial charge in [-0.25, -0.2) is 13.4 Å². The highest BCUT2D eigenvalue weighted by atomic mass is 32.2. The van der Waals surface area contributed by atoms with E-state index in [9.17, 15) is 13.2 Å². The monoisotopic (exact) mass is 452 g/mol. The second-order valence-corrected chi connectivity index (χ2v) is 11.1. The van der Waals surface area contributed by atoms with E-state index in [4.69, 9.17) is 0 Å². The van der Waals surface area contributed by atoms with Gasteiger partial charge in [0.1, 0.15) is 15.6 Å². The Balaban J connectivity index is 1.41. The summed E-state index contributed by atoms with van der Waals surface area (Å²) in [7, 11) is -3.64. The molecule has 1 N–H and O–H groups in total. The second kappa shape index (κ2) is 9.03. The molecule has 4 heterocycles. The van der Waals surface area contributed by atoms with Crippen molar-refractivity contribution in [2.24, 2.45) is 0 Å². The van der Waals surface area contributed by atoms with Gasteiger partial charge in [0.2, 0.25) is 10.0 Å². The first-order valence-corrected chi connectivity index (χ1v) is 13.2. The normalized spacial score (nSPS) is 18.1. The third kappa shape index (κ3) is 4.60. The van der Waals surface area contributed by atoms with E-state index >= 15 is 0 Å². The van der Waals surface area contributed by atoms with E-state index < -0.39 is 10.0 Å². The van der Waals surface area contributed by atoms with Gasteiger partial charge in [0.05, 0.1) is 0 Å². The van der Waals surface area contributed by atoms with Crippen molar-refractivity contribution < 1.29 is 13.2 Å². The lowest BCUT2D eigenvalue weighted by Crippen LogP contribution is -2.38. The van der Waals surface area contributed by atoms with E-state index in [2.05, 4.69) is 15.2 Å². The molecule has 29 heavy (non-hydrogen) atoms. The highest BCUT2D eigenvalue weighted by Gasteiger charge is 2.31. The molecule has 10 heteroatoms. The van der Waals surface area contributed by atoms with E-state index in [0.29, 0.717) is 19.6 Å². The zero-order valence-corrected chi connectivity index (χ0v) is 18.5. The smallest absolute Gasteiger partial charge is 0.263 e.